The third-order valence-electron chi connectivity index (χ3n) is 3.96. The maximum absolute atomic E-state index is 12.2. The van der Waals surface area contributed by atoms with Crippen LogP contribution >= 0.6 is 0 Å². The third kappa shape index (κ3) is 5.56. The van der Waals surface area contributed by atoms with Crippen molar-refractivity contribution in [1.29, 1.82) is 0 Å². The van der Waals surface area contributed by atoms with Gasteiger partial charge in [-0.05, 0) is 37.6 Å². The number of nitrogens with zero attached hydrogens (tertiary/aromatic N) is 1. The monoisotopic (exact) mass is 347 g/mol. The van der Waals surface area contributed by atoms with Gasteiger partial charge in [-0.15, -0.1) is 0 Å². The number of carbonyl (C=O) groups excluding carboxylic acids is 3. The van der Waals surface area contributed by atoms with E-state index < -0.39 is 0 Å². The van der Waals surface area contributed by atoms with Crippen molar-refractivity contribution in [3.63, 3.8) is 0 Å². The van der Waals surface area contributed by atoms with Crippen LogP contribution in [0.25, 0.3) is 0 Å². The molecule has 2 N–H and O–H groups in total. The lowest BCUT2D eigenvalue weighted by Crippen LogP contribution is -2.33. The number of hydrogen-bond donors (Lipinski definition) is 2. The summed E-state index contributed by atoms with van der Waals surface area (Å²) in [6.45, 7) is 5.58. The van der Waals surface area contributed by atoms with Crippen LogP contribution in [0.1, 0.15) is 26.7 Å². The highest BCUT2D eigenvalue weighted by atomic mass is 16.5. The highest BCUT2D eigenvalue weighted by molar-refractivity contribution is 6.00. The van der Waals surface area contributed by atoms with E-state index in [1.165, 1.54) is 6.92 Å². The first-order chi connectivity index (χ1) is 12.0. The van der Waals surface area contributed by atoms with Gasteiger partial charge in [0.1, 0.15) is 0 Å². The lowest BCUT2D eigenvalue weighted by atomic mass is 10.1. The fraction of sp³-hybridized carbons (Fsp3) is 0.500. The first kappa shape index (κ1) is 18.9. The number of carbonyl (C=O) groups is 3. The number of nitrogens with one attached hydrogen (secondary N) is 2. The van der Waals surface area contributed by atoms with Crippen LogP contribution in [0, 0.1) is 5.92 Å². The van der Waals surface area contributed by atoms with Crippen molar-refractivity contribution < 1.29 is 19.1 Å². The Morgan fingerprint density at radius 3 is 2.64 bits per heavy atom. The van der Waals surface area contributed by atoms with Crippen LogP contribution < -0.4 is 15.5 Å². The molecule has 25 heavy (non-hydrogen) atoms. The largest absolute Gasteiger partial charge is 0.382 e. The van der Waals surface area contributed by atoms with Crippen LogP contribution in [0.2, 0.25) is 0 Å². The number of hydrogen-bond acceptors (Lipinski definition) is 4. The van der Waals surface area contributed by atoms with Crippen LogP contribution in [-0.4, -0.2) is 44.0 Å². The van der Waals surface area contributed by atoms with Gasteiger partial charge in [-0.1, -0.05) is 0 Å². The van der Waals surface area contributed by atoms with Gasteiger partial charge in [0.15, 0.2) is 0 Å². The van der Waals surface area contributed by atoms with E-state index in [9.17, 15) is 14.4 Å². The third-order valence-corrected chi connectivity index (χ3v) is 3.96. The maximum atomic E-state index is 12.2. The van der Waals surface area contributed by atoms with Gasteiger partial charge >= 0.3 is 0 Å². The van der Waals surface area contributed by atoms with Gasteiger partial charge in [0.25, 0.3) is 0 Å². The van der Waals surface area contributed by atoms with Crippen molar-refractivity contribution in [2.45, 2.75) is 26.7 Å². The summed E-state index contributed by atoms with van der Waals surface area (Å²) in [5.74, 6) is -0.648. The zero-order valence-corrected chi connectivity index (χ0v) is 14.7. The minimum Gasteiger partial charge on any atom is -0.382 e. The Morgan fingerprint density at radius 1 is 1.28 bits per heavy atom. The summed E-state index contributed by atoms with van der Waals surface area (Å²) in [5, 5.41) is 5.54. The Hall–Kier alpha value is -2.41. The SMILES string of the molecule is CCOCCCNC(=O)C1CC(=O)N(c2ccc(NC(C)=O)cc2)C1. The highest BCUT2D eigenvalue weighted by Gasteiger charge is 2.34. The molecule has 0 bridgehead atoms. The second-order valence-electron chi connectivity index (χ2n) is 5.97. The van der Waals surface area contributed by atoms with Crippen molar-refractivity contribution in [3.8, 4) is 0 Å². The number of amides is 3. The fourth-order valence-corrected chi connectivity index (χ4v) is 2.74. The molecule has 1 heterocycles. The maximum Gasteiger partial charge on any atom is 0.227 e. The van der Waals surface area contributed by atoms with E-state index in [4.69, 9.17) is 4.74 Å². The fourth-order valence-electron chi connectivity index (χ4n) is 2.74. The van der Waals surface area contributed by atoms with Crippen LogP contribution in [0.15, 0.2) is 24.3 Å². The lowest BCUT2D eigenvalue weighted by molar-refractivity contribution is -0.126. The summed E-state index contributed by atoms with van der Waals surface area (Å²) < 4.78 is 5.23. The van der Waals surface area contributed by atoms with Crippen LogP contribution in [-0.2, 0) is 19.1 Å². The number of ether oxygens (including phenoxy) is 1. The van der Waals surface area contributed by atoms with Crippen molar-refractivity contribution in [2.75, 3.05) is 36.5 Å². The summed E-state index contributed by atoms with van der Waals surface area (Å²) in [7, 11) is 0. The number of anilines is 2. The molecule has 1 aliphatic heterocycles. The Labute approximate surface area is 147 Å². The molecule has 136 valence electrons. The Kier molecular flexibility index (Phi) is 6.94. The smallest absolute Gasteiger partial charge is 0.227 e. The first-order valence-corrected chi connectivity index (χ1v) is 8.54. The molecule has 1 saturated heterocycles. The molecule has 0 radical (unpaired) electrons. The van der Waals surface area contributed by atoms with Crippen LogP contribution in [0.5, 0.6) is 0 Å². The molecule has 0 aromatic heterocycles. The van der Waals surface area contributed by atoms with E-state index in [0.29, 0.717) is 32.0 Å². The van der Waals surface area contributed by atoms with Crippen molar-refractivity contribution >= 4 is 29.1 Å². The minimum absolute atomic E-state index is 0.0678. The van der Waals surface area contributed by atoms with Gasteiger partial charge in [0, 0.05) is 51.0 Å². The number of benzene rings is 1. The normalized spacial score (nSPS) is 16.8. The predicted molar refractivity (Wildman–Crippen MR) is 95.3 cm³/mol. The van der Waals surface area contributed by atoms with E-state index in [-0.39, 0.29) is 30.1 Å². The molecule has 1 aliphatic rings. The van der Waals surface area contributed by atoms with Crippen LogP contribution in [0.4, 0.5) is 11.4 Å². The molecule has 3 amide bonds. The molecule has 0 saturated carbocycles. The van der Waals surface area contributed by atoms with E-state index >= 15 is 0 Å². The lowest BCUT2D eigenvalue weighted by Gasteiger charge is -2.17. The van der Waals surface area contributed by atoms with E-state index in [2.05, 4.69) is 10.6 Å². The van der Waals surface area contributed by atoms with Gasteiger partial charge in [-0.2, -0.15) is 0 Å². The Morgan fingerprint density at radius 2 is 2.00 bits per heavy atom. The van der Waals surface area contributed by atoms with Crippen molar-refractivity contribution in [1.82, 2.24) is 5.32 Å². The first-order valence-electron chi connectivity index (χ1n) is 8.54. The summed E-state index contributed by atoms with van der Waals surface area (Å²) in [4.78, 5) is 37.1. The molecule has 0 aliphatic carbocycles. The quantitative estimate of drug-likeness (QED) is 0.698. The van der Waals surface area contributed by atoms with Gasteiger partial charge in [0.2, 0.25) is 17.7 Å². The molecule has 2 rings (SSSR count). The molecule has 1 aromatic carbocycles. The highest BCUT2D eigenvalue weighted by Crippen LogP contribution is 2.26. The molecule has 1 fully saturated rings. The summed E-state index contributed by atoms with van der Waals surface area (Å²) in [6.07, 6.45) is 0.972. The zero-order valence-electron chi connectivity index (χ0n) is 14.7. The molecule has 7 nitrogen and oxygen atoms in total. The van der Waals surface area contributed by atoms with E-state index in [1.54, 1.807) is 29.2 Å². The minimum atomic E-state index is -0.338. The van der Waals surface area contributed by atoms with Gasteiger partial charge in [-0.25, -0.2) is 0 Å². The van der Waals surface area contributed by atoms with E-state index in [0.717, 1.165) is 12.1 Å². The van der Waals surface area contributed by atoms with Crippen molar-refractivity contribution in [3.05, 3.63) is 24.3 Å². The summed E-state index contributed by atoms with van der Waals surface area (Å²) >= 11 is 0. The molecule has 7 heteroatoms. The Balaban J connectivity index is 1.86. The molecule has 0 spiro atoms. The molecular weight excluding hydrogens is 322 g/mol. The second-order valence-corrected chi connectivity index (χ2v) is 5.97. The summed E-state index contributed by atoms with van der Waals surface area (Å²) in [6, 6.07) is 7.02. The predicted octanol–water partition coefficient (Wildman–Crippen LogP) is 1.54. The van der Waals surface area contributed by atoms with Crippen molar-refractivity contribution in [2.24, 2.45) is 5.92 Å². The van der Waals surface area contributed by atoms with Gasteiger partial charge in [-0.3, -0.25) is 14.4 Å². The molecule has 1 aromatic rings. The number of rotatable bonds is 8. The van der Waals surface area contributed by atoms with Crippen LogP contribution in [0.3, 0.4) is 0 Å². The average molecular weight is 347 g/mol. The van der Waals surface area contributed by atoms with Gasteiger partial charge in [0.05, 0.1) is 5.92 Å². The topological polar surface area (TPSA) is 87.7 Å². The van der Waals surface area contributed by atoms with E-state index in [1.807, 2.05) is 6.92 Å². The Bertz CT molecular complexity index is 615. The molecule has 1 unspecified atom stereocenters. The van der Waals surface area contributed by atoms with Gasteiger partial charge < -0.3 is 20.3 Å². The second kappa shape index (κ2) is 9.17. The standard InChI is InChI=1S/C18H25N3O4/c1-3-25-10-4-9-19-18(24)14-11-17(23)21(12-14)16-7-5-15(6-8-16)20-13(2)22/h5-8,14H,3-4,9-12H2,1-2H3,(H,19,24)(H,20,22). The average Bonchev–Trinajstić information content (AvgIpc) is 2.96. The zero-order chi connectivity index (χ0) is 18.2. The molecule has 1 atom stereocenters. The molecular formula is C18H25N3O4. The summed E-state index contributed by atoms with van der Waals surface area (Å²) in [5.41, 5.74) is 1.40.